The predicted octanol–water partition coefficient (Wildman–Crippen LogP) is 0.532. The van der Waals surface area contributed by atoms with Crippen LogP contribution in [0.4, 0.5) is 0 Å². The van der Waals surface area contributed by atoms with Crippen LogP contribution in [-0.4, -0.2) is 50.4 Å². The molecule has 2 rings (SSSR count). The Labute approximate surface area is 127 Å². The first-order valence-electron chi connectivity index (χ1n) is 7.41. The molecule has 1 aromatic heterocycles. The summed E-state index contributed by atoms with van der Waals surface area (Å²) in [7, 11) is -1.76. The van der Waals surface area contributed by atoms with Crippen molar-refractivity contribution in [2.45, 2.75) is 31.7 Å². The summed E-state index contributed by atoms with van der Waals surface area (Å²) in [5, 5.41) is 3.38. The van der Waals surface area contributed by atoms with Gasteiger partial charge in [-0.05, 0) is 49.9 Å². The van der Waals surface area contributed by atoms with Gasteiger partial charge in [0, 0.05) is 38.6 Å². The average Bonchev–Trinajstić information content (AvgIpc) is 3.28. The maximum atomic E-state index is 12.0. The molecule has 118 valence electrons. The van der Waals surface area contributed by atoms with E-state index in [1.807, 2.05) is 12.1 Å². The van der Waals surface area contributed by atoms with Crippen LogP contribution in [0.15, 0.2) is 24.5 Å². The van der Waals surface area contributed by atoms with Crippen LogP contribution in [0.1, 0.15) is 24.8 Å². The van der Waals surface area contributed by atoms with Gasteiger partial charge in [-0.1, -0.05) is 0 Å². The Morgan fingerprint density at radius 2 is 2.00 bits per heavy atom. The number of aromatic nitrogens is 1. The molecule has 0 amide bonds. The first-order valence-corrected chi connectivity index (χ1v) is 8.85. The molecule has 2 N–H and O–H groups in total. The lowest BCUT2D eigenvalue weighted by Gasteiger charge is -2.17. The van der Waals surface area contributed by atoms with Crippen LogP contribution >= 0.6 is 0 Å². The summed E-state index contributed by atoms with van der Waals surface area (Å²) >= 11 is 0. The monoisotopic (exact) mass is 312 g/mol. The van der Waals surface area contributed by atoms with Gasteiger partial charge in [0.15, 0.2) is 0 Å². The molecular weight excluding hydrogens is 288 g/mol. The predicted molar refractivity (Wildman–Crippen MR) is 83.1 cm³/mol. The van der Waals surface area contributed by atoms with Crippen molar-refractivity contribution in [3.63, 3.8) is 0 Å². The number of hydrogen-bond donors (Lipinski definition) is 2. The van der Waals surface area contributed by atoms with E-state index < -0.39 is 10.2 Å². The van der Waals surface area contributed by atoms with Gasteiger partial charge in [0.05, 0.1) is 0 Å². The van der Waals surface area contributed by atoms with E-state index >= 15 is 0 Å². The number of hydrogen-bond acceptors (Lipinski definition) is 4. The van der Waals surface area contributed by atoms with Gasteiger partial charge in [-0.25, -0.2) is 4.72 Å². The van der Waals surface area contributed by atoms with Crippen molar-refractivity contribution in [2.24, 2.45) is 0 Å². The van der Waals surface area contributed by atoms with E-state index in [4.69, 9.17) is 0 Å². The Bertz CT molecular complexity index is 517. The van der Waals surface area contributed by atoms with Crippen LogP contribution in [0.2, 0.25) is 0 Å². The lowest BCUT2D eigenvalue weighted by molar-refractivity contribution is 0.444. The van der Waals surface area contributed by atoms with Crippen molar-refractivity contribution < 1.29 is 8.42 Å². The number of nitrogens with zero attached hydrogens (tertiary/aromatic N) is 2. The molecule has 1 saturated carbocycles. The van der Waals surface area contributed by atoms with Gasteiger partial charge in [0.25, 0.3) is 10.2 Å². The normalized spacial score (nSPS) is 15.5. The molecule has 0 saturated heterocycles. The molecular formula is C14H24N4O2S. The topological polar surface area (TPSA) is 74.3 Å². The highest BCUT2D eigenvalue weighted by Gasteiger charge is 2.20. The highest BCUT2D eigenvalue weighted by Crippen LogP contribution is 2.18. The van der Waals surface area contributed by atoms with Gasteiger partial charge in [0.2, 0.25) is 0 Å². The largest absolute Gasteiger partial charge is 0.314 e. The molecule has 6 nitrogen and oxygen atoms in total. The molecule has 1 fully saturated rings. The molecule has 0 spiro atoms. The van der Waals surface area contributed by atoms with E-state index in [1.54, 1.807) is 19.4 Å². The van der Waals surface area contributed by atoms with Crippen LogP contribution in [0.5, 0.6) is 0 Å². The van der Waals surface area contributed by atoms with Crippen molar-refractivity contribution in [1.29, 1.82) is 0 Å². The zero-order valence-electron chi connectivity index (χ0n) is 12.5. The summed E-state index contributed by atoms with van der Waals surface area (Å²) in [5.41, 5.74) is 1.07. The van der Waals surface area contributed by atoms with Crippen LogP contribution in [0.3, 0.4) is 0 Å². The fourth-order valence-corrected chi connectivity index (χ4v) is 2.95. The van der Waals surface area contributed by atoms with Crippen molar-refractivity contribution >= 4 is 10.2 Å². The number of pyridine rings is 1. The van der Waals surface area contributed by atoms with E-state index in [2.05, 4.69) is 15.0 Å². The van der Waals surface area contributed by atoms with E-state index in [-0.39, 0.29) is 0 Å². The Hall–Kier alpha value is -1.02. The Morgan fingerprint density at radius 3 is 2.67 bits per heavy atom. The third-order valence-electron chi connectivity index (χ3n) is 3.52. The smallest absolute Gasteiger partial charge is 0.279 e. The summed E-state index contributed by atoms with van der Waals surface area (Å²) in [4.78, 5) is 3.94. The second-order valence-electron chi connectivity index (χ2n) is 5.41. The highest BCUT2D eigenvalue weighted by molar-refractivity contribution is 7.87. The fourth-order valence-electron chi connectivity index (χ4n) is 2.00. The quantitative estimate of drug-likeness (QED) is 0.618. The first kappa shape index (κ1) is 16.4. The van der Waals surface area contributed by atoms with E-state index in [0.717, 1.165) is 18.5 Å². The number of nitrogens with one attached hydrogen (secondary N) is 2. The second kappa shape index (κ2) is 7.84. The molecule has 0 aromatic carbocycles. The molecule has 1 aromatic rings. The third kappa shape index (κ3) is 6.09. The van der Waals surface area contributed by atoms with Crippen LogP contribution in [0.25, 0.3) is 0 Å². The molecule has 0 atom stereocenters. The maximum absolute atomic E-state index is 12.0. The summed E-state index contributed by atoms with van der Waals surface area (Å²) in [5.74, 6) is 0. The molecule has 7 heteroatoms. The lowest BCUT2D eigenvalue weighted by atomic mass is 10.2. The van der Waals surface area contributed by atoms with Gasteiger partial charge < -0.3 is 5.32 Å². The van der Waals surface area contributed by atoms with Crippen molar-refractivity contribution in [3.8, 4) is 0 Å². The molecule has 0 unspecified atom stereocenters. The summed E-state index contributed by atoms with van der Waals surface area (Å²) in [6, 6.07) is 4.45. The zero-order chi connectivity index (χ0) is 15.1. The van der Waals surface area contributed by atoms with Gasteiger partial charge >= 0.3 is 0 Å². The molecule has 0 bridgehead atoms. The number of rotatable bonds is 10. The SMILES string of the molecule is CN(CCCNC1CC1)S(=O)(=O)NCCc1ccncc1. The van der Waals surface area contributed by atoms with Crippen LogP contribution in [-0.2, 0) is 16.6 Å². The van der Waals surface area contributed by atoms with Crippen LogP contribution in [0, 0.1) is 0 Å². The van der Waals surface area contributed by atoms with Gasteiger partial charge in [-0.2, -0.15) is 12.7 Å². The minimum absolute atomic E-state index is 0.400. The fraction of sp³-hybridized carbons (Fsp3) is 0.643. The molecule has 0 aliphatic heterocycles. The summed E-state index contributed by atoms with van der Waals surface area (Å²) < 4.78 is 28.1. The Morgan fingerprint density at radius 1 is 1.29 bits per heavy atom. The highest BCUT2D eigenvalue weighted by atomic mass is 32.2. The zero-order valence-corrected chi connectivity index (χ0v) is 13.3. The minimum atomic E-state index is -3.38. The molecule has 1 aliphatic carbocycles. The molecule has 0 radical (unpaired) electrons. The van der Waals surface area contributed by atoms with Gasteiger partial charge in [0.1, 0.15) is 0 Å². The van der Waals surface area contributed by atoms with E-state index in [1.165, 1.54) is 17.1 Å². The van der Waals surface area contributed by atoms with Crippen molar-refractivity contribution in [1.82, 2.24) is 19.3 Å². The van der Waals surface area contributed by atoms with E-state index in [9.17, 15) is 8.42 Å². The van der Waals surface area contributed by atoms with Gasteiger partial charge in [-0.15, -0.1) is 0 Å². The lowest BCUT2D eigenvalue weighted by Crippen LogP contribution is -2.40. The van der Waals surface area contributed by atoms with Crippen LogP contribution < -0.4 is 10.0 Å². The summed E-state index contributed by atoms with van der Waals surface area (Å²) in [6.45, 7) is 1.81. The van der Waals surface area contributed by atoms with Crippen molar-refractivity contribution in [3.05, 3.63) is 30.1 Å². The Balaban J connectivity index is 1.64. The molecule has 21 heavy (non-hydrogen) atoms. The maximum Gasteiger partial charge on any atom is 0.279 e. The second-order valence-corrected chi connectivity index (χ2v) is 7.27. The molecule has 1 heterocycles. The molecule has 1 aliphatic rings. The standard InChI is InChI=1S/C14H24N4O2S/c1-18(12-2-8-16-14-3-4-14)21(19,20)17-11-7-13-5-9-15-10-6-13/h5-6,9-10,14,16-17H,2-4,7-8,11-12H2,1H3. The van der Waals surface area contributed by atoms with Gasteiger partial charge in [-0.3, -0.25) is 4.98 Å². The summed E-state index contributed by atoms with van der Waals surface area (Å²) in [6.07, 6.45) is 7.43. The minimum Gasteiger partial charge on any atom is -0.314 e. The van der Waals surface area contributed by atoms with Crippen molar-refractivity contribution in [2.75, 3.05) is 26.7 Å². The average molecular weight is 312 g/mol. The first-order chi connectivity index (χ1) is 10.1. The Kier molecular flexibility index (Phi) is 6.10. The third-order valence-corrected chi connectivity index (χ3v) is 5.09. The van der Waals surface area contributed by atoms with E-state index in [0.29, 0.717) is 25.6 Å².